The van der Waals surface area contributed by atoms with Crippen molar-refractivity contribution in [2.75, 3.05) is 18.0 Å². The van der Waals surface area contributed by atoms with Gasteiger partial charge in [-0.2, -0.15) is 14.6 Å². The Kier molecular flexibility index (Phi) is 9.36. The second-order valence-corrected chi connectivity index (χ2v) is 13.2. The van der Waals surface area contributed by atoms with E-state index in [2.05, 4.69) is 5.10 Å². The number of nitrogens with zero attached hydrogens (tertiary/aromatic N) is 6. The van der Waals surface area contributed by atoms with Gasteiger partial charge in [-0.15, -0.1) is 0 Å². The van der Waals surface area contributed by atoms with Gasteiger partial charge in [-0.05, 0) is 65.9 Å². The number of amides is 2. The molecule has 13 nitrogen and oxygen atoms in total. The van der Waals surface area contributed by atoms with Crippen molar-refractivity contribution in [1.82, 2.24) is 19.5 Å². The van der Waals surface area contributed by atoms with Crippen LogP contribution in [0.5, 0.6) is 5.88 Å². The molecule has 0 bridgehead atoms. The molecule has 3 aromatic rings. The first-order chi connectivity index (χ1) is 20.5. The molecule has 13 heteroatoms. The molecule has 1 unspecified atom stereocenters. The highest BCUT2D eigenvalue weighted by molar-refractivity contribution is 5.87. The van der Waals surface area contributed by atoms with E-state index in [1.54, 1.807) is 54.6 Å². The number of ether oxygens (including phenoxy) is 3. The second-order valence-electron chi connectivity index (χ2n) is 13.2. The number of non-ortho nitro benzene ring substituents is 1. The highest BCUT2D eigenvalue weighted by atomic mass is 16.6. The third-order valence-electron chi connectivity index (χ3n) is 6.75. The summed E-state index contributed by atoms with van der Waals surface area (Å²) in [6, 6.07) is 7.70. The Bertz CT molecular complexity index is 1520. The molecule has 1 aromatic carbocycles. The van der Waals surface area contributed by atoms with E-state index in [4.69, 9.17) is 19.2 Å². The fourth-order valence-corrected chi connectivity index (χ4v) is 4.81. The molecule has 0 spiro atoms. The van der Waals surface area contributed by atoms with E-state index in [1.165, 1.54) is 17.0 Å². The lowest BCUT2D eigenvalue weighted by molar-refractivity contribution is -0.384. The van der Waals surface area contributed by atoms with Gasteiger partial charge in [0, 0.05) is 30.3 Å². The minimum absolute atomic E-state index is 0.0398. The Hall–Kier alpha value is -4.42. The van der Waals surface area contributed by atoms with Crippen LogP contribution >= 0.6 is 0 Å². The first-order valence-electron chi connectivity index (χ1n) is 14.8. The highest BCUT2D eigenvalue weighted by Crippen LogP contribution is 2.31. The number of piperidine rings is 1. The molecule has 2 aromatic heterocycles. The van der Waals surface area contributed by atoms with Gasteiger partial charge >= 0.3 is 12.2 Å². The number of anilines is 1. The van der Waals surface area contributed by atoms with Crippen LogP contribution in [0.1, 0.15) is 85.3 Å². The summed E-state index contributed by atoms with van der Waals surface area (Å²) in [7, 11) is 0. The molecule has 2 amide bonds. The summed E-state index contributed by atoms with van der Waals surface area (Å²) in [6.45, 7) is 15.6. The Morgan fingerprint density at radius 2 is 1.82 bits per heavy atom. The molecule has 1 aliphatic heterocycles. The minimum Gasteiger partial charge on any atom is -0.472 e. The van der Waals surface area contributed by atoms with Gasteiger partial charge in [0.05, 0.1) is 24.2 Å². The van der Waals surface area contributed by atoms with Crippen molar-refractivity contribution in [1.29, 1.82) is 0 Å². The van der Waals surface area contributed by atoms with E-state index in [-0.39, 0.29) is 30.1 Å². The van der Waals surface area contributed by atoms with Gasteiger partial charge in [-0.25, -0.2) is 9.59 Å². The average molecular weight is 611 g/mol. The zero-order chi connectivity index (χ0) is 32.4. The van der Waals surface area contributed by atoms with E-state index in [9.17, 15) is 19.7 Å². The summed E-state index contributed by atoms with van der Waals surface area (Å²) in [6.07, 6.45) is 1.68. The lowest BCUT2D eigenvalue weighted by Crippen LogP contribution is -2.46. The van der Waals surface area contributed by atoms with Crippen molar-refractivity contribution in [3.8, 4) is 5.88 Å². The van der Waals surface area contributed by atoms with Crippen LogP contribution in [0.3, 0.4) is 0 Å². The van der Waals surface area contributed by atoms with Gasteiger partial charge < -0.3 is 19.1 Å². The van der Waals surface area contributed by atoms with Crippen LogP contribution in [0.15, 0.2) is 36.5 Å². The first kappa shape index (κ1) is 32.5. The van der Waals surface area contributed by atoms with E-state index < -0.39 is 28.3 Å². The number of benzene rings is 1. The number of aromatic nitrogens is 3. The maximum Gasteiger partial charge on any atom is 0.416 e. The molecule has 1 saturated heterocycles. The predicted molar refractivity (Wildman–Crippen MR) is 164 cm³/mol. The number of carbonyl (C=O) groups excluding carboxylic acids is 2. The highest BCUT2D eigenvalue weighted by Gasteiger charge is 2.31. The number of rotatable bonds is 7. The molecule has 44 heavy (non-hydrogen) atoms. The van der Waals surface area contributed by atoms with Gasteiger partial charge in [-0.1, -0.05) is 26.0 Å². The monoisotopic (exact) mass is 610 g/mol. The van der Waals surface area contributed by atoms with Crippen LogP contribution in [0.2, 0.25) is 0 Å². The third kappa shape index (κ3) is 8.14. The molecule has 1 aliphatic rings. The maximum atomic E-state index is 13.7. The molecular formula is C31H42N6O7. The van der Waals surface area contributed by atoms with Gasteiger partial charge in [0.2, 0.25) is 5.88 Å². The number of nitro groups is 1. The van der Waals surface area contributed by atoms with Crippen molar-refractivity contribution >= 4 is 29.3 Å². The smallest absolute Gasteiger partial charge is 0.416 e. The number of hydrogen-bond donors (Lipinski definition) is 0. The molecular weight excluding hydrogens is 568 g/mol. The average Bonchev–Trinajstić information content (AvgIpc) is 3.34. The summed E-state index contributed by atoms with van der Waals surface area (Å²) < 4.78 is 19.3. The standard InChI is InChI=1S/C31H42N6O7/c1-20(2)24-17-32-36-26(35(29(39)44-31(6,7)8)18-21-11-9-12-22(15-21)37(40)41)16-25(33-27(24)36)42-23-13-10-14-34(19-23)28(38)43-30(3,4)5/h9,11-12,15-17,20,23H,10,13-14,18-19H2,1-8H3. The summed E-state index contributed by atoms with van der Waals surface area (Å²) in [5, 5.41) is 16.0. The molecule has 0 aliphatic carbocycles. The summed E-state index contributed by atoms with van der Waals surface area (Å²) in [5.74, 6) is 0.628. The van der Waals surface area contributed by atoms with Gasteiger partial charge in [0.15, 0.2) is 5.65 Å². The molecule has 4 rings (SSSR count). The van der Waals surface area contributed by atoms with E-state index in [1.807, 2.05) is 34.6 Å². The predicted octanol–water partition coefficient (Wildman–Crippen LogP) is 6.48. The Morgan fingerprint density at radius 1 is 1.11 bits per heavy atom. The van der Waals surface area contributed by atoms with Gasteiger partial charge in [-0.3, -0.25) is 15.0 Å². The number of carbonyl (C=O) groups is 2. The molecule has 3 heterocycles. The molecule has 0 radical (unpaired) electrons. The molecule has 0 saturated carbocycles. The van der Waals surface area contributed by atoms with Crippen LogP contribution in [-0.2, 0) is 16.0 Å². The van der Waals surface area contributed by atoms with Crippen molar-refractivity contribution in [3.63, 3.8) is 0 Å². The molecule has 238 valence electrons. The number of likely N-dealkylation sites (tertiary alicyclic amines) is 1. The number of hydrogen-bond acceptors (Lipinski definition) is 9. The van der Waals surface area contributed by atoms with Gasteiger partial charge in [0.1, 0.15) is 23.1 Å². The molecule has 1 atom stereocenters. The van der Waals surface area contributed by atoms with Crippen molar-refractivity contribution in [2.24, 2.45) is 0 Å². The van der Waals surface area contributed by atoms with Crippen LogP contribution < -0.4 is 9.64 Å². The zero-order valence-corrected chi connectivity index (χ0v) is 26.7. The summed E-state index contributed by atoms with van der Waals surface area (Å²) in [4.78, 5) is 45.2. The number of fused-ring (bicyclic) bond motifs is 1. The maximum absolute atomic E-state index is 13.7. The van der Waals surface area contributed by atoms with Gasteiger partial charge in [0.25, 0.3) is 5.69 Å². The van der Waals surface area contributed by atoms with Crippen molar-refractivity contribution < 1.29 is 28.7 Å². The Labute approximate surface area is 257 Å². The Morgan fingerprint density at radius 3 is 2.45 bits per heavy atom. The normalized spacial score (nSPS) is 15.8. The summed E-state index contributed by atoms with van der Waals surface area (Å²) in [5.41, 5.74) is 0.336. The fourth-order valence-electron chi connectivity index (χ4n) is 4.81. The quantitative estimate of drug-likeness (QED) is 0.217. The van der Waals surface area contributed by atoms with Crippen LogP contribution in [0.25, 0.3) is 5.65 Å². The first-order valence-corrected chi connectivity index (χ1v) is 14.8. The van der Waals surface area contributed by atoms with Crippen LogP contribution in [0.4, 0.5) is 21.1 Å². The molecule has 1 fully saturated rings. The van der Waals surface area contributed by atoms with Crippen LogP contribution in [-0.4, -0.2) is 67.0 Å². The van der Waals surface area contributed by atoms with E-state index >= 15 is 0 Å². The van der Waals surface area contributed by atoms with E-state index in [0.29, 0.717) is 36.5 Å². The second kappa shape index (κ2) is 12.7. The summed E-state index contributed by atoms with van der Waals surface area (Å²) >= 11 is 0. The number of nitro benzene ring substituents is 1. The van der Waals surface area contributed by atoms with Crippen molar-refractivity contribution in [3.05, 3.63) is 57.8 Å². The molecule has 0 N–H and O–H groups in total. The Balaban J connectivity index is 1.75. The lowest BCUT2D eigenvalue weighted by Gasteiger charge is -2.34. The fraction of sp³-hybridized carbons (Fsp3) is 0.548. The van der Waals surface area contributed by atoms with Crippen LogP contribution in [0, 0.1) is 10.1 Å². The zero-order valence-electron chi connectivity index (χ0n) is 26.7. The third-order valence-corrected chi connectivity index (χ3v) is 6.75. The topological polar surface area (TPSA) is 142 Å². The minimum atomic E-state index is -0.816. The van der Waals surface area contributed by atoms with Crippen molar-refractivity contribution in [2.45, 2.75) is 98.0 Å². The lowest BCUT2D eigenvalue weighted by atomic mass is 10.1. The largest absolute Gasteiger partial charge is 0.472 e. The van der Waals surface area contributed by atoms with E-state index in [0.717, 1.165) is 12.0 Å². The SMILES string of the molecule is CC(C)c1cnn2c(N(Cc3cccc([N+](=O)[O-])c3)C(=O)OC(C)(C)C)cc(OC3CCCN(C(=O)OC(C)(C)C)C3)nc12.